The Hall–Kier alpha value is -3.27. The average molecular weight is 532 g/mol. The summed E-state index contributed by atoms with van der Waals surface area (Å²) in [5.74, 6) is 0.611. The molecular weight excluding hydrogens is 503 g/mol. The number of carbonyl (C=O) groups is 1. The molecule has 1 fully saturated rings. The molecule has 0 unspecified atom stereocenters. The third kappa shape index (κ3) is 6.74. The van der Waals surface area contributed by atoms with Gasteiger partial charge in [0.1, 0.15) is 10.8 Å². The van der Waals surface area contributed by atoms with E-state index in [-0.39, 0.29) is 10.8 Å². The lowest BCUT2D eigenvalue weighted by Gasteiger charge is -2.16. The van der Waals surface area contributed by atoms with E-state index in [1.165, 1.54) is 38.8 Å². The number of rotatable bonds is 9. The van der Waals surface area contributed by atoms with E-state index in [0.29, 0.717) is 40.4 Å². The first-order chi connectivity index (χ1) is 17.6. The SMILES string of the molecule is C=C(OC(C)=O)c1cnc(OCCCC2CCCC2)c(-c2cnc(C)cc2-c2nc(C(F)(F)F)cs2)c1. The Kier molecular flexibility index (Phi) is 8.26. The number of ether oxygens (including phenoxy) is 2. The van der Waals surface area contributed by atoms with E-state index in [0.717, 1.165) is 35.5 Å². The van der Waals surface area contributed by atoms with E-state index >= 15 is 0 Å². The summed E-state index contributed by atoms with van der Waals surface area (Å²) in [6.07, 6.45) is 5.52. The molecule has 0 aromatic carbocycles. The van der Waals surface area contributed by atoms with Crippen LogP contribution in [-0.4, -0.2) is 27.5 Å². The standard InChI is InChI=1S/C27H28F3N3O3S/c1-16-11-22(26-33-24(15-37-26)27(28,29)30)23(14-31-16)21-12-20(17(2)36-18(3)34)13-32-25(21)35-10-6-9-19-7-4-5-8-19/h11-15,19H,2,4-10H2,1,3H3. The van der Waals surface area contributed by atoms with Gasteiger partial charge in [-0.25, -0.2) is 9.97 Å². The molecule has 10 heteroatoms. The van der Waals surface area contributed by atoms with Crippen molar-refractivity contribution < 1.29 is 27.4 Å². The van der Waals surface area contributed by atoms with E-state index in [9.17, 15) is 18.0 Å². The number of carbonyl (C=O) groups excluding carboxylic acids is 1. The Morgan fingerprint density at radius 3 is 2.57 bits per heavy atom. The van der Waals surface area contributed by atoms with Gasteiger partial charge in [0.25, 0.3) is 0 Å². The van der Waals surface area contributed by atoms with Crippen LogP contribution >= 0.6 is 11.3 Å². The van der Waals surface area contributed by atoms with Crippen LogP contribution in [0.2, 0.25) is 0 Å². The number of thiazole rings is 1. The van der Waals surface area contributed by atoms with Gasteiger partial charge in [0.05, 0.1) is 6.61 Å². The number of hydrogen-bond donors (Lipinski definition) is 0. The Morgan fingerprint density at radius 1 is 1.14 bits per heavy atom. The molecule has 0 atom stereocenters. The third-order valence-corrected chi connectivity index (χ3v) is 7.14. The molecule has 0 aliphatic heterocycles. The average Bonchev–Trinajstić information content (AvgIpc) is 3.54. The fraction of sp³-hybridized carbons (Fsp3) is 0.407. The van der Waals surface area contributed by atoms with Crippen molar-refractivity contribution in [2.45, 2.75) is 58.5 Å². The third-order valence-electron chi connectivity index (χ3n) is 6.27. The highest BCUT2D eigenvalue weighted by molar-refractivity contribution is 7.13. The molecule has 0 amide bonds. The molecule has 3 aromatic rings. The van der Waals surface area contributed by atoms with Crippen molar-refractivity contribution in [2.75, 3.05) is 6.61 Å². The van der Waals surface area contributed by atoms with Crippen LogP contribution in [0, 0.1) is 12.8 Å². The summed E-state index contributed by atoms with van der Waals surface area (Å²) in [5.41, 5.74) is 1.58. The zero-order chi connectivity index (χ0) is 26.6. The van der Waals surface area contributed by atoms with Crippen molar-refractivity contribution in [3.63, 3.8) is 0 Å². The summed E-state index contributed by atoms with van der Waals surface area (Å²) in [4.78, 5) is 24.1. The van der Waals surface area contributed by atoms with Crippen molar-refractivity contribution in [1.29, 1.82) is 0 Å². The summed E-state index contributed by atoms with van der Waals surface area (Å²) >= 11 is 0.900. The zero-order valence-corrected chi connectivity index (χ0v) is 21.5. The molecule has 37 heavy (non-hydrogen) atoms. The fourth-order valence-electron chi connectivity index (χ4n) is 4.46. The zero-order valence-electron chi connectivity index (χ0n) is 20.7. The quantitative estimate of drug-likeness (QED) is 0.162. The molecule has 0 spiro atoms. The maximum atomic E-state index is 13.3. The number of alkyl halides is 3. The number of aryl methyl sites for hydroxylation is 1. The molecule has 1 saturated carbocycles. The minimum Gasteiger partial charge on any atom is -0.477 e. The monoisotopic (exact) mass is 531 g/mol. The summed E-state index contributed by atoms with van der Waals surface area (Å²) in [7, 11) is 0. The van der Waals surface area contributed by atoms with Crippen LogP contribution in [0.25, 0.3) is 27.5 Å². The first-order valence-corrected chi connectivity index (χ1v) is 13.0. The van der Waals surface area contributed by atoms with E-state index in [1.807, 2.05) is 0 Å². The van der Waals surface area contributed by atoms with Crippen LogP contribution in [0.5, 0.6) is 5.88 Å². The second kappa shape index (κ2) is 11.4. The topological polar surface area (TPSA) is 74.2 Å². The van der Waals surface area contributed by atoms with E-state index < -0.39 is 17.8 Å². The second-order valence-electron chi connectivity index (χ2n) is 9.14. The molecular formula is C27H28F3N3O3S. The van der Waals surface area contributed by atoms with Crippen molar-refractivity contribution >= 4 is 23.1 Å². The van der Waals surface area contributed by atoms with Crippen molar-refractivity contribution in [2.24, 2.45) is 5.92 Å². The lowest BCUT2D eigenvalue weighted by atomic mass is 10.0. The molecule has 1 aliphatic rings. The highest BCUT2D eigenvalue weighted by Crippen LogP contribution is 2.41. The number of esters is 1. The largest absolute Gasteiger partial charge is 0.477 e. The molecule has 0 radical (unpaired) electrons. The maximum Gasteiger partial charge on any atom is 0.434 e. The van der Waals surface area contributed by atoms with Crippen LogP contribution in [-0.2, 0) is 15.7 Å². The van der Waals surface area contributed by atoms with Gasteiger partial charge in [-0.05, 0) is 37.8 Å². The minimum atomic E-state index is -4.55. The van der Waals surface area contributed by atoms with Crippen molar-refractivity contribution in [3.8, 4) is 27.6 Å². The summed E-state index contributed by atoms with van der Waals surface area (Å²) in [6.45, 7) is 7.27. The van der Waals surface area contributed by atoms with Gasteiger partial charge in [-0.1, -0.05) is 32.3 Å². The molecule has 0 bridgehead atoms. The minimum absolute atomic E-state index is 0.101. The maximum absolute atomic E-state index is 13.3. The van der Waals surface area contributed by atoms with Crippen LogP contribution in [0.15, 0.2) is 36.5 Å². The van der Waals surface area contributed by atoms with Gasteiger partial charge in [0.2, 0.25) is 5.88 Å². The highest BCUT2D eigenvalue weighted by atomic mass is 32.1. The lowest BCUT2D eigenvalue weighted by molar-refractivity contribution is -0.140. The molecule has 3 heterocycles. The smallest absolute Gasteiger partial charge is 0.434 e. The first kappa shape index (κ1) is 26.8. The van der Waals surface area contributed by atoms with Gasteiger partial charge in [-0.2, -0.15) is 13.2 Å². The molecule has 1 aliphatic carbocycles. The summed E-state index contributed by atoms with van der Waals surface area (Å²) in [5, 5.41) is 1.19. The fourth-order valence-corrected chi connectivity index (χ4v) is 5.32. The summed E-state index contributed by atoms with van der Waals surface area (Å²) in [6, 6.07) is 3.38. The highest BCUT2D eigenvalue weighted by Gasteiger charge is 2.34. The Labute approximate surface area is 217 Å². The molecule has 4 rings (SSSR count). The van der Waals surface area contributed by atoms with E-state index in [1.54, 1.807) is 25.3 Å². The number of aromatic nitrogens is 3. The first-order valence-electron chi connectivity index (χ1n) is 12.1. The normalized spacial score (nSPS) is 14.1. The lowest BCUT2D eigenvalue weighted by Crippen LogP contribution is -2.06. The van der Waals surface area contributed by atoms with Crippen LogP contribution in [0.4, 0.5) is 13.2 Å². The summed E-state index contributed by atoms with van der Waals surface area (Å²) < 4.78 is 51.0. The van der Waals surface area contributed by atoms with Crippen LogP contribution < -0.4 is 4.74 Å². The van der Waals surface area contributed by atoms with Gasteiger partial charge in [0, 0.05) is 52.6 Å². The Balaban J connectivity index is 1.71. The van der Waals surface area contributed by atoms with E-state index in [2.05, 4.69) is 21.5 Å². The van der Waals surface area contributed by atoms with Gasteiger partial charge >= 0.3 is 12.1 Å². The Bertz CT molecular complexity index is 1280. The van der Waals surface area contributed by atoms with Crippen LogP contribution in [0.3, 0.4) is 0 Å². The van der Waals surface area contributed by atoms with E-state index in [4.69, 9.17) is 9.47 Å². The predicted octanol–water partition coefficient (Wildman–Crippen LogP) is 7.48. The molecule has 3 aromatic heterocycles. The number of pyridine rings is 2. The van der Waals surface area contributed by atoms with Crippen molar-refractivity contribution in [1.82, 2.24) is 15.0 Å². The Morgan fingerprint density at radius 2 is 1.89 bits per heavy atom. The molecule has 0 N–H and O–H groups in total. The predicted molar refractivity (Wildman–Crippen MR) is 136 cm³/mol. The number of nitrogens with zero attached hydrogens (tertiary/aromatic N) is 3. The second-order valence-corrected chi connectivity index (χ2v) is 10.00. The molecule has 0 saturated heterocycles. The number of halogens is 3. The van der Waals surface area contributed by atoms with Gasteiger partial charge in [-0.15, -0.1) is 11.3 Å². The number of hydrogen-bond acceptors (Lipinski definition) is 7. The van der Waals surface area contributed by atoms with Crippen molar-refractivity contribution in [3.05, 3.63) is 53.4 Å². The van der Waals surface area contributed by atoms with Gasteiger partial charge in [-0.3, -0.25) is 9.78 Å². The van der Waals surface area contributed by atoms with Gasteiger partial charge in [0.15, 0.2) is 5.69 Å². The van der Waals surface area contributed by atoms with Crippen LogP contribution in [0.1, 0.15) is 62.4 Å². The molecule has 196 valence electrons. The van der Waals surface area contributed by atoms with Gasteiger partial charge < -0.3 is 9.47 Å². The molecule has 6 nitrogen and oxygen atoms in total.